The number of hydrogen-bond donors (Lipinski definition) is 2. The second kappa shape index (κ2) is 6.02. The summed E-state index contributed by atoms with van der Waals surface area (Å²) in [7, 11) is 0. The number of benzene rings is 2. The minimum Gasteiger partial charge on any atom is -0.350 e. The summed E-state index contributed by atoms with van der Waals surface area (Å²) in [5, 5.41) is 3.76. The summed E-state index contributed by atoms with van der Waals surface area (Å²) in [5.74, 6) is 0. The van der Waals surface area contributed by atoms with Gasteiger partial charge in [0.2, 0.25) is 0 Å². The molecule has 0 saturated heterocycles. The van der Waals surface area contributed by atoms with Crippen molar-refractivity contribution >= 4 is 12.2 Å². The van der Waals surface area contributed by atoms with E-state index in [1.54, 1.807) is 6.21 Å². The van der Waals surface area contributed by atoms with Crippen LogP contribution in [0.4, 0.5) is 4.79 Å². The van der Waals surface area contributed by atoms with E-state index in [-0.39, 0.29) is 0 Å². The van der Waals surface area contributed by atoms with E-state index in [1.807, 2.05) is 24.3 Å². The van der Waals surface area contributed by atoms with Gasteiger partial charge in [-0.1, -0.05) is 47.5 Å². The molecule has 0 atom stereocenters. The van der Waals surface area contributed by atoms with Gasteiger partial charge in [-0.2, -0.15) is 5.10 Å². The summed E-state index contributed by atoms with van der Waals surface area (Å²) in [6, 6.07) is 13.7. The van der Waals surface area contributed by atoms with Gasteiger partial charge < -0.3 is 5.73 Å². The van der Waals surface area contributed by atoms with Crippen LogP contribution in [0, 0.1) is 13.8 Å². The number of carbonyl (C=O) groups excluding carboxylic acids is 1. The maximum Gasteiger partial charge on any atom is 0.332 e. The third-order valence-corrected chi connectivity index (χ3v) is 2.83. The number of aryl methyl sites for hydroxylation is 2. The first-order valence-electron chi connectivity index (χ1n) is 6.32. The lowest BCUT2D eigenvalue weighted by atomic mass is 9.99. The van der Waals surface area contributed by atoms with E-state index in [1.165, 1.54) is 16.7 Å². The minimum absolute atomic E-state index is 0.674. The maximum atomic E-state index is 10.6. The van der Waals surface area contributed by atoms with Crippen molar-refractivity contribution < 1.29 is 4.79 Å². The summed E-state index contributed by atoms with van der Waals surface area (Å²) >= 11 is 0. The topological polar surface area (TPSA) is 67.5 Å². The average molecular weight is 267 g/mol. The number of rotatable bonds is 3. The molecule has 3 N–H and O–H groups in total. The zero-order chi connectivity index (χ0) is 14.5. The normalized spacial score (nSPS) is 10.7. The van der Waals surface area contributed by atoms with Gasteiger partial charge in [0, 0.05) is 0 Å². The van der Waals surface area contributed by atoms with Crippen molar-refractivity contribution in [3.05, 3.63) is 59.2 Å². The number of hydrazone groups is 1. The van der Waals surface area contributed by atoms with E-state index < -0.39 is 6.03 Å². The number of carbonyl (C=O) groups is 1. The molecule has 0 unspecified atom stereocenters. The zero-order valence-corrected chi connectivity index (χ0v) is 11.6. The molecule has 20 heavy (non-hydrogen) atoms. The fourth-order valence-electron chi connectivity index (χ4n) is 2.11. The fourth-order valence-corrected chi connectivity index (χ4v) is 2.11. The van der Waals surface area contributed by atoms with Gasteiger partial charge >= 0.3 is 6.03 Å². The standard InChI is InChI=1S/C16H17N3O/c1-11-6-12(2)8-15(7-11)14-5-3-4-13(9-14)10-18-19-16(17)20/h3-10H,1-2H3,(H3,17,19,20). The fraction of sp³-hybridized carbons (Fsp3) is 0.125. The van der Waals surface area contributed by atoms with E-state index in [0.717, 1.165) is 11.1 Å². The first-order valence-corrected chi connectivity index (χ1v) is 6.32. The molecule has 4 nitrogen and oxygen atoms in total. The monoisotopic (exact) mass is 267 g/mol. The van der Waals surface area contributed by atoms with E-state index in [2.05, 4.69) is 42.6 Å². The Bertz CT molecular complexity index is 642. The van der Waals surface area contributed by atoms with Gasteiger partial charge in [-0.05, 0) is 36.6 Å². The molecule has 0 radical (unpaired) electrons. The van der Waals surface area contributed by atoms with Crippen molar-refractivity contribution in [1.29, 1.82) is 0 Å². The van der Waals surface area contributed by atoms with Crippen molar-refractivity contribution in [2.75, 3.05) is 0 Å². The molecule has 0 fully saturated rings. The molecule has 2 aromatic carbocycles. The van der Waals surface area contributed by atoms with E-state index >= 15 is 0 Å². The van der Waals surface area contributed by atoms with Gasteiger partial charge in [-0.15, -0.1) is 0 Å². The molecule has 2 rings (SSSR count). The number of amides is 2. The van der Waals surface area contributed by atoms with Crippen LogP contribution >= 0.6 is 0 Å². The Hall–Kier alpha value is -2.62. The molecular weight excluding hydrogens is 250 g/mol. The summed E-state index contributed by atoms with van der Waals surface area (Å²) < 4.78 is 0. The Kier molecular flexibility index (Phi) is 4.15. The number of hydrogen-bond acceptors (Lipinski definition) is 2. The average Bonchev–Trinajstić information content (AvgIpc) is 2.37. The van der Waals surface area contributed by atoms with Crippen LogP contribution in [0.2, 0.25) is 0 Å². The molecule has 102 valence electrons. The summed E-state index contributed by atoms with van der Waals surface area (Å²) in [6.07, 6.45) is 1.57. The van der Waals surface area contributed by atoms with Crippen LogP contribution in [0.3, 0.4) is 0 Å². The molecule has 0 aliphatic rings. The van der Waals surface area contributed by atoms with Crippen LogP contribution in [0.25, 0.3) is 11.1 Å². The van der Waals surface area contributed by atoms with Gasteiger partial charge in [0.25, 0.3) is 0 Å². The number of nitrogens with two attached hydrogens (primary N) is 1. The smallest absolute Gasteiger partial charge is 0.332 e. The van der Waals surface area contributed by atoms with E-state index in [0.29, 0.717) is 0 Å². The lowest BCUT2D eigenvalue weighted by molar-refractivity contribution is 0.249. The summed E-state index contributed by atoms with van der Waals surface area (Å²) in [5.41, 5.74) is 12.8. The number of urea groups is 1. The minimum atomic E-state index is -0.674. The molecule has 0 saturated carbocycles. The highest BCUT2D eigenvalue weighted by Gasteiger charge is 2.00. The SMILES string of the molecule is Cc1cc(C)cc(-c2cccc(C=NNC(N)=O)c2)c1. The van der Waals surface area contributed by atoms with Crippen molar-refractivity contribution in [2.45, 2.75) is 13.8 Å². The molecular formula is C16H17N3O. The van der Waals surface area contributed by atoms with Crippen molar-refractivity contribution in [2.24, 2.45) is 10.8 Å². The molecule has 0 aliphatic heterocycles. The molecule has 0 heterocycles. The lowest BCUT2D eigenvalue weighted by Gasteiger charge is -2.06. The third-order valence-electron chi connectivity index (χ3n) is 2.83. The van der Waals surface area contributed by atoms with Gasteiger partial charge in [0.1, 0.15) is 0 Å². The van der Waals surface area contributed by atoms with E-state index in [9.17, 15) is 4.79 Å². The second-order valence-corrected chi connectivity index (χ2v) is 4.74. The predicted molar refractivity (Wildman–Crippen MR) is 81.7 cm³/mol. The summed E-state index contributed by atoms with van der Waals surface area (Å²) in [4.78, 5) is 10.6. The van der Waals surface area contributed by atoms with Crippen LogP contribution < -0.4 is 11.2 Å². The largest absolute Gasteiger partial charge is 0.350 e. The zero-order valence-electron chi connectivity index (χ0n) is 11.6. The van der Waals surface area contributed by atoms with Crippen LogP contribution in [0.15, 0.2) is 47.6 Å². The Morgan fingerprint density at radius 1 is 1.10 bits per heavy atom. The predicted octanol–water partition coefficient (Wildman–Crippen LogP) is 2.97. The molecule has 2 amide bonds. The van der Waals surface area contributed by atoms with Gasteiger partial charge in [-0.3, -0.25) is 0 Å². The van der Waals surface area contributed by atoms with Gasteiger partial charge in [0.05, 0.1) is 6.21 Å². The molecule has 0 aromatic heterocycles. The van der Waals surface area contributed by atoms with Crippen LogP contribution in [-0.2, 0) is 0 Å². The van der Waals surface area contributed by atoms with Crippen LogP contribution in [0.5, 0.6) is 0 Å². The highest BCUT2D eigenvalue weighted by molar-refractivity contribution is 5.83. The van der Waals surface area contributed by atoms with Crippen molar-refractivity contribution in [3.63, 3.8) is 0 Å². The van der Waals surface area contributed by atoms with Crippen molar-refractivity contribution in [1.82, 2.24) is 5.43 Å². The summed E-state index contributed by atoms with van der Waals surface area (Å²) in [6.45, 7) is 4.16. The van der Waals surface area contributed by atoms with Crippen LogP contribution in [0.1, 0.15) is 16.7 Å². The van der Waals surface area contributed by atoms with Crippen LogP contribution in [-0.4, -0.2) is 12.2 Å². The molecule has 0 spiro atoms. The number of nitrogens with one attached hydrogen (secondary N) is 1. The lowest BCUT2D eigenvalue weighted by Crippen LogP contribution is -2.24. The Balaban J connectivity index is 2.29. The molecule has 0 bridgehead atoms. The second-order valence-electron chi connectivity index (χ2n) is 4.74. The van der Waals surface area contributed by atoms with Gasteiger partial charge in [0.15, 0.2) is 0 Å². The first kappa shape index (κ1) is 13.8. The van der Waals surface area contributed by atoms with E-state index in [4.69, 9.17) is 5.73 Å². The first-order chi connectivity index (χ1) is 9.54. The third kappa shape index (κ3) is 3.68. The Labute approximate surface area is 118 Å². The highest BCUT2D eigenvalue weighted by Crippen LogP contribution is 2.22. The molecule has 4 heteroatoms. The quantitative estimate of drug-likeness (QED) is 0.651. The number of primary amides is 1. The number of nitrogens with zero attached hydrogens (tertiary/aromatic N) is 1. The van der Waals surface area contributed by atoms with Gasteiger partial charge in [-0.25, -0.2) is 10.2 Å². The maximum absolute atomic E-state index is 10.6. The Morgan fingerprint density at radius 2 is 1.80 bits per heavy atom. The van der Waals surface area contributed by atoms with Crippen molar-refractivity contribution in [3.8, 4) is 11.1 Å². The highest BCUT2D eigenvalue weighted by atomic mass is 16.2. The molecule has 2 aromatic rings. The Morgan fingerprint density at radius 3 is 2.45 bits per heavy atom. The molecule has 0 aliphatic carbocycles.